The summed E-state index contributed by atoms with van der Waals surface area (Å²) < 4.78 is 6.09. The maximum atomic E-state index is 12.2. The molecule has 3 rings (SSSR count). The highest BCUT2D eigenvalue weighted by Gasteiger charge is 2.15. The number of ether oxygens (including phenoxy) is 1. The second kappa shape index (κ2) is 7.84. The zero-order chi connectivity index (χ0) is 19.4. The quantitative estimate of drug-likeness (QED) is 0.741. The van der Waals surface area contributed by atoms with Crippen LogP contribution in [0.5, 0.6) is 0 Å². The summed E-state index contributed by atoms with van der Waals surface area (Å²) in [4.78, 5) is 32.7. The topological polar surface area (TPSA) is 81.2 Å². The molecule has 2 heterocycles. The molecule has 140 valence electrons. The lowest BCUT2D eigenvalue weighted by Gasteiger charge is -2.19. The Balaban J connectivity index is 1.73. The van der Waals surface area contributed by atoms with Gasteiger partial charge in [0, 0.05) is 23.4 Å². The van der Waals surface area contributed by atoms with Crippen molar-refractivity contribution < 1.29 is 9.53 Å². The fourth-order valence-corrected chi connectivity index (χ4v) is 3.43. The molecule has 0 unspecified atom stereocenters. The molecule has 27 heavy (non-hydrogen) atoms. The third-order valence-electron chi connectivity index (χ3n) is 3.60. The number of nitrogens with zero attached hydrogens (tertiary/aromatic N) is 2. The number of aromatic nitrogens is 2. The summed E-state index contributed by atoms with van der Waals surface area (Å²) in [6, 6.07) is 13.0. The van der Waals surface area contributed by atoms with Crippen molar-refractivity contribution in [2.24, 2.45) is 0 Å². The summed E-state index contributed by atoms with van der Waals surface area (Å²) in [5, 5.41) is 3.91. The summed E-state index contributed by atoms with van der Waals surface area (Å²) in [6.07, 6.45) is 0.100. The first-order valence-corrected chi connectivity index (χ1v) is 9.46. The van der Waals surface area contributed by atoms with Gasteiger partial charge < -0.3 is 10.1 Å². The maximum absolute atomic E-state index is 12.2. The maximum Gasteiger partial charge on any atom is 0.407 e. The van der Waals surface area contributed by atoms with E-state index in [9.17, 15) is 9.59 Å². The summed E-state index contributed by atoms with van der Waals surface area (Å²) >= 11 is 1.43. The van der Waals surface area contributed by atoms with E-state index in [1.54, 1.807) is 6.07 Å². The molecule has 0 saturated carbocycles. The average Bonchev–Trinajstić information content (AvgIpc) is 2.60. The van der Waals surface area contributed by atoms with Gasteiger partial charge in [-0.2, -0.15) is 4.98 Å². The van der Waals surface area contributed by atoms with E-state index < -0.39 is 11.7 Å². The number of alkyl carbamates (subject to hydrolysis) is 1. The molecule has 0 aliphatic heterocycles. The molecule has 0 aliphatic carbocycles. The van der Waals surface area contributed by atoms with Crippen LogP contribution in [0, 0.1) is 0 Å². The summed E-state index contributed by atoms with van der Waals surface area (Å²) in [7, 11) is 0. The molecule has 0 aliphatic rings. The molecule has 7 heteroatoms. The van der Waals surface area contributed by atoms with Crippen molar-refractivity contribution in [1.29, 1.82) is 0 Å². The minimum atomic E-state index is -0.526. The van der Waals surface area contributed by atoms with Gasteiger partial charge in [0.25, 0.3) is 5.56 Å². The zero-order valence-corrected chi connectivity index (χ0v) is 16.3. The molecule has 0 atom stereocenters. The third-order valence-corrected chi connectivity index (χ3v) is 4.67. The molecule has 1 N–H and O–H groups in total. The molecule has 0 radical (unpaired) electrons. The molecule has 0 fully saturated rings. The van der Waals surface area contributed by atoms with Crippen molar-refractivity contribution in [3.63, 3.8) is 0 Å². The van der Waals surface area contributed by atoms with Crippen molar-refractivity contribution in [2.45, 2.75) is 32.8 Å². The lowest BCUT2D eigenvalue weighted by molar-refractivity contribution is 0.0528. The van der Waals surface area contributed by atoms with Crippen LogP contribution < -0.4 is 10.9 Å². The zero-order valence-electron chi connectivity index (χ0n) is 15.5. The minimum Gasteiger partial charge on any atom is -0.444 e. The number of carbonyl (C=O) groups excluding carboxylic acids is 1. The van der Waals surface area contributed by atoms with Crippen molar-refractivity contribution in [3.8, 4) is 10.7 Å². The second-order valence-electron chi connectivity index (χ2n) is 7.01. The number of carbonyl (C=O) groups is 1. The van der Waals surface area contributed by atoms with Gasteiger partial charge >= 0.3 is 6.09 Å². The SMILES string of the molecule is CC(C)(C)OC(=O)NCCc1cccc(-c2nc(=O)c3ccccc3s2)n1. The Bertz CT molecular complexity index is 1020. The first kappa shape index (κ1) is 19.0. The van der Waals surface area contributed by atoms with Crippen molar-refractivity contribution in [3.05, 3.63) is 58.5 Å². The van der Waals surface area contributed by atoms with Crippen LogP contribution in [-0.4, -0.2) is 28.2 Å². The molecule has 3 aromatic rings. The van der Waals surface area contributed by atoms with E-state index in [0.717, 1.165) is 10.4 Å². The van der Waals surface area contributed by atoms with Crippen LogP contribution in [0.2, 0.25) is 0 Å². The number of nitrogens with one attached hydrogen (secondary N) is 1. The molecule has 0 spiro atoms. The van der Waals surface area contributed by atoms with Gasteiger partial charge in [0.05, 0.1) is 11.1 Å². The molecular weight excluding hydrogens is 362 g/mol. The predicted octanol–water partition coefficient (Wildman–Crippen LogP) is 3.79. The van der Waals surface area contributed by atoms with Crippen LogP contribution in [-0.2, 0) is 11.2 Å². The van der Waals surface area contributed by atoms with Crippen LogP contribution in [0.1, 0.15) is 26.5 Å². The van der Waals surface area contributed by atoms with Gasteiger partial charge in [-0.25, -0.2) is 4.79 Å². The molecule has 2 aromatic heterocycles. The average molecular weight is 383 g/mol. The molecule has 1 aromatic carbocycles. The van der Waals surface area contributed by atoms with Gasteiger partial charge in [0.15, 0.2) is 0 Å². The first-order valence-electron chi connectivity index (χ1n) is 8.65. The Morgan fingerprint density at radius 2 is 1.89 bits per heavy atom. The fourth-order valence-electron chi connectivity index (χ4n) is 2.47. The third kappa shape index (κ3) is 5.10. The van der Waals surface area contributed by atoms with Gasteiger partial charge in [-0.1, -0.05) is 18.2 Å². The monoisotopic (exact) mass is 383 g/mol. The highest BCUT2D eigenvalue weighted by atomic mass is 32.1. The Morgan fingerprint density at radius 3 is 2.67 bits per heavy atom. The lowest BCUT2D eigenvalue weighted by atomic mass is 10.2. The van der Waals surface area contributed by atoms with E-state index in [4.69, 9.17) is 4.74 Å². The van der Waals surface area contributed by atoms with Crippen LogP contribution in [0.3, 0.4) is 0 Å². The van der Waals surface area contributed by atoms with Crippen LogP contribution in [0.15, 0.2) is 47.3 Å². The van der Waals surface area contributed by atoms with E-state index in [1.807, 2.05) is 57.2 Å². The van der Waals surface area contributed by atoms with Gasteiger partial charge in [0.2, 0.25) is 0 Å². The number of rotatable bonds is 4. The smallest absolute Gasteiger partial charge is 0.407 e. The van der Waals surface area contributed by atoms with Gasteiger partial charge in [-0.3, -0.25) is 9.78 Å². The number of benzene rings is 1. The molecule has 0 saturated heterocycles. The van der Waals surface area contributed by atoms with E-state index in [0.29, 0.717) is 29.1 Å². The summed E-state index contributed by atoms with van der Waals surface area (Å²) in [5.41, 5.74) is 0.676. The highest BCUT2D eigenvalue weighted by Crippen LogP contribution is 2.24. The number of hydrogen-bond acceptors (Lipinski definition) is 6. The Morgan fingerprint density at radius 1 is 1.11 bits per heavy atom. The first-order chi connectivity index (χ1) is 12.8. The van der Waals surface area contributed by atoms with Crippen LogP contribution >= 0.6 is 11.3 Å². The fraction of sp³-hybridized carbons (Fsp3) is 0.300. The van der Waals surface area contributed by atoms with E-state index in [1.165, 1.54) is 11.3 Å². The molecule has 1 amide bonds. The van der Waals surface area contributed by atoms with E-state index in [-0.39, 0.29) is 5.56 Å². The summed E-state index contributed by atoms with van der Waals surface area (Å²) in [6.45, 7) is 5.87. The molecule has 6 nitrogen and oxygen atoms in total. The largest absolute Gasteiger partial charge is 0.444 e. The number of fused-ring (bicyclic) bond motifs is 1. The number of amides is 1. The lowest BCUT2D eigenvalue weighted by Crippen LogP contribution is -2.33. The molecule has 0 bridgehead atoms. The number of hydrogen-bond donors (Lipinski definition) is 1. The van der Waals surface area contributed by atoms with Gasteiger partial charge in [-0.05, 0) is 45.0 Å². The predicted molar refractivity (Wildman–Crippen MR) is 107 cm³/mol. The summed E-state index contributed by atoms with van der Waals surface area (Å²) in [5.74, 6) is 0. The second-order valence-corrected chi connectivity index (χ2v) is 8.04. The van der Waals surface area contributed by atoms with Crippen molar-refractivity contribution in [2.75, 3.05) is 6.54 Å². The van der Waals surface area contributed by atoms with Crippen LogP contribution in [0.4, 0.5) is 4.79 Å². The Labute approximate surface area is 161 Å². The minimum absolute atomic E-state index is 0.252. The van der Waals surface area contributed by atoms with E-state index >= 15 is 0 Å². The number of pyridine rings is 1. The van der Waals surface area contributed by atoms with Gasteiger partial charge in [-0.15, -0.1) is 11.3 Å². The normalized spacial score (nSPS) is 11.4. The van der Waals surface area contributed by atoms with Crippen molar-refractivity contribution in [1.82, 2.24) is 15.3 Å². The van der Waals surface area contributed by atoms with Crippen LogP contribution in [0.25, 0.3) is 20.8 Å². The Kier molecular flexibility index (Phi) is 5.51. The van der Waals surface area contributed by atoms with Crippen molar-refractivity contribution >= 4 is 27.5 Å². The van der Waals surface area contributed by atoms with Gasteiger partial charge in [0.1, 0.15) is 10.6 Å². The standard InChI is InChI=1S/C20H21N3O3S/c1-20(2,3)26-19(25)21-12-11-13-7-6-9-15(22-13)18-23-17(24)14-8-4-5-10-16(14)27-18/h4-10H,11-12H2,1-3H3,(H,21,25). The van der Waals surface area contributed by atoms with E-state index in [2.05, 4.69) is 15.3 Å². The molecular formula is C20H21N3O3S. The Hall–Kier alpha value is -2.80. The highest BCUT2D eigenvalue weighted by molar-refractivity contribution is 7.21.